The van der Waals surface area contributed by atoms with Gasteiger partial charge in [0.05, 0.1) is 18.0 Å². The molecule has 2 saturated heterocycles. The van der Waals surface area contributed by atoms with E-state index in [-0.39, 0.29) is 17.2 Å². The van der Waals surface area contributed by atoms with Gasteiger partial charge in [0, 0.05) is 57.7 Å². The Morgan fingerprint density at radius 1 is 1.07 bits per heavy atom. The van der Waals surface area contributed by atoms with E-state index in [0.717, 1.165) is 88.3 Å². The van der Waals surface area contributed by atoms with E-state index < -0.39 is 11.2 Å². The van der Waals surface area contributed by atoms with E-state index in [1.165, 1.54) is 23.3 Å². The van der Waals surface area contributed by atoms with Gasteiger partial charge in [-0.25, -0.2) is 8.51 Å². The predicted molar refractivity (Wildman–Crippen MR) is 183 cm³/mol. The van der Waals surface area contributed by atoms with E-state index >= 15 is 0 Å². The number of furan rings is 1. The highest BCUT2D eigenvalue weighted by molar-refractivity contribution is 7.99. The minimum atomic E-state index is -1.75. The summed E-state index contributed by atoms with van der Waals surface area (Å²) >= 11 is 1.31. The van der Waals surface area contributed by atoms with Crippen LogP contribution in [0.2, 0.25) is 0 Å². The van der Waals surface area contributed by atoms with Crippen LogP contribution >= 0.6 is 23.3 Å². The Kier molecular flexibility index (Phi) is 11.5. The molecule has 0 aliphatic carbocycles. The quantitative estimate of drug-likeness (QED) is 0.236. The van der Waals surface area contributed by atoms with Crippen LogP contribution in [-0.2, 0) is 17.6 Å². The van der Waals surface area contributed by atoms with Crippen molar-refractivity contribution in [1.82, 2.24) is 24.3 Å². The largest absolute Gasteiger partial charge is 0.504 e. The monoisotopic (exact) mass is 664 g/mol. The molecule has 0 radical (unpaired) electrons. The Balaban J connectivity index is 1.17. The van der Waals surface area contributed by atoms with E-state index in [1.807, 2.05) is 11.6 Å². The first-order chi connectivity index (χ1) is 21.1. The molecule has 0 aromatic carbocycles. The molecule has 0 saturated carbocycles. The standard InChI is InChI=1S/C30H48N8O3S3/c1-6-36-15-17-38(18-16-36)43-29-25(39)23(21-42-29)31-27-28(34-44(40)33-27)32-26(30(2,3)4)24-19-22(20-41-24)9-7-8-10-37-13-11-35(5)12-14-37/h19-21,26,39H,6-18H2,1-5H3,(H,31,33)(H,32,34)/t26-,44?/m0/s1. The summed E-state index contributed by atoms with van der Waals surface area (Å²) in [5, 5.41) is 19.5. The van der Waals surface area contributed by atoms with Gasteiger partial charge >= 0.3 is 0 Å². The molecule has 5 heterocycles. The average Bonchev–Trinajstić information content (AvgIpc) is 3.70. The summed E-state index contributed by atoms with van der Waals surface area (Å²) in [5.41, 5.74) is 1.48. The molecule has 44 heavy (non-hydrogen) atoms. The summed E-state index contributed by atoms with van der Waals surface area (Å²) in [6.45, 7) is 19.4. The lowest BCUT2D eigenvalue weighted by molar-refractivity contribution is 0.152. The first-order valence-electron chi connectivity index (χ1n) is 15.7. The van der Waals surface area contributed by atoms with Crippen LogP contribution in [0.3, 0.4) is 0 Å². The lowest BCUT2D eigenvalue weighted by Crippen LogP contribution is -2.44. The third-order valence-electron chi connectivity index (χ3n) is 8.43. The number of hydrogen-bond donors (Lipinski definition) is 3. The van der Waals surface area contributed by atoms with Gasteiger partial charge in [-0.1, -0.05) is 27.7 Å². The fourth-order valence-corrected chi connectivity index (χ4v) is 8.22. The summed E-state index contributed by atoms with van der Waals surface area (Å²) in [6.07, 6.45) is 5.12. The lowest BCUT2D eigenvalue weighted by atomic mass is 9.85. The topological polar surface area (TPSA) is 112 Å². The molecule has 14 heteroatoms. The molecule has 2 aromatic rings. The second-order valence-corrected chi connectivity index (χ2v) is 16.0. The SMILES string of the molecule is CCN1CCN(Sc2scc(NC3=NS(=O)N=C3N[C@@H](c3cc(CCCCN4CCN(C)CC4)co3)C(C)(C)C)c2O)CC1. The lowest BCUT2D eigenvalue weighted by Gasteiger charge is -2.32. The van der Waals surface area contributed by atoms with Gasteiger partial charge in [0.2, 0.25) is 0 Å². The molecule has 2 atom stereocenters. The molecule has 5 rings (SSSR count). The highest BCUT2D eigenvalue weighted by atomic mass is 32.2. The molecular weight excluding hydrogens is 617 g/mol. The number of aromatic hydroxyl groups is 1. The van der Waals surface area contributed by atoms with Crippen LogP contribution in [0.1, 0.15) is 57.9 Å². The Bertz CT molecular complexity index is 1320. The van der Waals surface area contributed by atoms with Gasteiger partial charge in [-0.05, 0) is 68.4 Å². The van der Waals surface area contributed by atoms with Crippen molar-refractivity contribution in [1.29, 1.82) is 0 Å². The number of thiophene rings is 1. The first kappa shape index (κ1) is 33.4. The van der Waals surface area contributed by atoms with Crippen LogP contribution in [0.25, 0.3) is 0 Å². The molecule has 0 amide bonds. The zero-order chi connectivity index (χ0) is 31.3. The molecule has 3 N–H and O–H groups in total. The minimum Gasteiger partial charge on any atom is -0.504 e. The molecular formula is C30H48N8O3S3. The zero-order valence-corrected chi connectivity index (χ0v) is 29.1. The number of nitrogens with one attached hydrogen (secondary N) is 2. The van der Waals surface area contributed by atoms with E-state index in [9.17, 15) is 9.32 Å². The van der Waals surface area contributed by atoms with Crippen molar-refractivity contribution >= 4 is 51.8 Å². The zero-order valence-electron chi connectivity index (χ0n) is 26.7. The summed E-state index contributed by atoms with van der Waals surface area (Å²) < 4.78 is 30.2. The van der Waals surface area contributed by atoms with Crippen molar-refractivity contribution in [2.24, 2.45) is 14.2 Å². The molecule has 0 bridgehead atoms. The molecule has 3 aliphatic rings. The number of piperazine rings is 2. The molecule has 0 spiro atoms. The number of anilines is 1. The number of rotatable bonds is 11. The Morgan fingerprint density at radius 2 is 1.77 bits per heavy atom. The maximum atomic E-state index is 12.5. The molecule has 1 unspecified atom stereocenters. The molecule has 11 nitrogen and oxygen atoms in total. The van der Waals surface area contributed by atoms with Crippen LogP contribution in [0.5, 0.6) is 5.75 Å². The van der Waals surface area contributed by atoms with Gasteiger partial charge in [-0.15, -0.1) is 20.1 Å². The molecule has 244 valence electrons. The number of likely N-dealkylation sites (N-methyl/N-ethyl adjacent to an activating group) is 2. The van der Waals surface area contributed by atoms with E-state index in [4.69, 9.17) is 4.42 Å². The van der Waals surface area contributed by atoms with Crippen LogP contribution in [0.15, 0.2) is 35.1 Å². The van der Waals surface area contributed by atoms with Crippen molar-refractivity contribution in [3.8, 4) is 5.75 Å². The van der Waals surface area contributed by atoms with Crippen molar-refractivity contribution in [3.05, 3.63) is 29.0 Å². The van der Waals surface area contributed by atoms with Gasteiger partial charge in [0.15, 0.2) is 17.4 Å². The third kappa shape index (κ3) is 8.86. The summed E-state index contributed by atoms with van der Waals surface area (Å²) in [5.74, 6) is 1.72. The van der Waals surface area contributed by atoms with Crippen molar-refractivity contribution in [3.63, 3.8) is 0 Å². The Morgan fingerprint density at radius 3 is 2.48 bits per heavy atom. The van der Waals surface area contributed by atoms with Crippen LogP contribution < -0.4 is 10.6 Å². The van der Waals surface area contributed by atoms with Crippen molar-refractivity contribution in [2.75, 3.05) is 77.8 Å². The van der Waals surface area contributed by atoms with Gasteiger partial charge in [-0.2, -0.15) is 0 Å². The highest BCUT2D eigenvalue weighted by Gasteiger charge is 2.33. The second kappa shape index (κ2) is 15.1. The Hall–Kier alpha value is -1.94. The third-order valence-corrected chi connectivity index (χ3v) is 11.4. The fraction of sp³-hybridized carbons (Fsp3) is 0.667. The van der Waals surface area contributed by atoms with Crippen LogP contribution in [0, 0.1) is 5.41 Å². The number of aryl methyl sites for hydroxylation is 1. The summed E-state index contributed by atoms with van der Waals surface area (Å²) in [4.78, 5) is 7.38. The normalized spacial score (nSPS) is 21.8. The van der Waals surface area contributed by atoms with Crippen molar-refractivity contribution in [2.45, 2.75) is 57.2 Å². The molecule has 3 aliphatic heterocycles. The minimum absolute atomic E-state index is 0.174. The second-order valence-electron chi connectivity index (χ2n) is 12.9. The maximum Gasteiger partial charge on any atom is 0.269 e. The van der Waals surface area contributed by atoms with E-state index in [0.29, 0.717) is 17.4 Å². The fourth-order valence-electron chi connectivity index (χ4n) is 5.57. The number of hydrogen-bond acceptors (Lipinski definition) is 11. The van der Waals surface area contributed by atoms with Crippen molar-refractivity contribution < 1.29 is 13.7 Å². The highest BCUT2D eigenvalue weighted by Crippen LogP contribution is 2.43. The smallest absolute Gasteiger partial charge is 0.269 e. The van der Waals surface area contributed by atoms with E-state index in [2.05, 4.69) is 79.2 Å². The number of amidine groups is 2. The van der Waals surface area contributed by atoms with E-state index in [1.54, 1.807) is 11.9 Å². The number of nitrogens with zero attached hydrogens (tertiary/aromatic N) is 6. The van der Waals surface area contributed by atoms with Gasteiger partial charge < -0.3 is 34.9 Å². The van der Waals surface area contributed by atoms with Crippen LogP contribution in [-0.4, -0.2) is 112 Å². The van der Waals surface area contributed by atoms with Crippen LogP contribution in [0.4, 0.5) is 5.69 Å². The summed E-state index contributed by atoms with van der Waals surface area (Å²) in [7, 11) is 2.19. The van der Waals surface area contributed by atoms with Gasteiger partial charge in [0.25, 0.3) is 11.2 Å². The predicted octanol–water partition coefficient (Wildman–Crippen LogP) is 4.44. The van der Waals surface area contributed by atoms with Gasteiger partial charge in [0.1, 0.15) is 9.97 Å². The molecule has 2 fully saturated rings. The number of unbranched alkanes of at least 4 members (excludes halogenated alkanes) is 1. The Labute approximate surface area is 273 Å². The first-order valence-corrected chi connectivity index (χ1v) is 18.4. The average molecular weight is 665 g/mol. The summed E-state index contributed by atoms with van der Waals surface area (Å²) in [6, 6.07) is 1.90. The van der Waals surface area contributed by atoms with Gasteiger partial charge in [-0.3, -0.25) is 0 Å². The maximum absolute atomic E-state index is 12.5. The molecule has 2 aromatic heterocycles.